The Morgan fingerprint density at radius 1 is 1.00 bits per heavy atom. The number of rotatable bonds is 3. The van der Waals surface area contributed by atoms with E-state index in [-0.39, 0.29) is 11.2 Å². The van der Waals surface area contributed by atoms with Gasteiger partial charge in [-0.1, -0.05) is 42.6 Å². The molecular weight excluding hydrogens is 378 g/mol. The molecule has 148 valence electrons. The van der Waals surface area contributed by atoms with Crippen LogP contribution in [0.2, 0.25) is 5.02 Å². The Morgan fingerprint density at radius 2 is 1.68 bits per heavy atom. The summed E-state index contributed by atoms with van der Waals surface area (Å²) in [4.78, 5) is 32.4. The smallest absolute Gasteiger partial charge is 0.332 e. The molecule has 1 saturated heterocycles. The Morgan fingerprint density at radius 3 is 2.36 bits per heavy atom. The van der Waals surface area contributed by atoms with Crippen molar-refractivity contribution in [1.29, 1.82) is 0 Å². The average molecular weight is 402 g/mol. The number of aryl methyl sites for hydroxylation is 1. The maximum atomic E-state index is 13.0. The molecule has 1 fully saturated rings. The lowest BCUT2D eigenvalue weighted by Crippen LogP contribution is -2.37. The third-order valence-electron chi connectivity index (χ3n) is 5.50. The van der Waals surface area contributed by atoms with Crippen LogP contribution in [0.25, 0.3) is 11.2 Å². The molecule has 0 N–H and O–H groups in total. The molecule has 3 heterocycles. The molecule has 1 aliphatic heterocycles. The molecule has 0 atom stereocenters. The van der Waals surface area contributed by atoms with Crippen LogP contribution in [0, 0.1) is 0 Å². The van der Waals surface area contributed by atoms with Crippen molar-refractivity contribution < 1.29 is 0 Å². The van der Waals surface area contributed by atoms with Crippen molar-refractivity contribution in [2.45, 2.75) is 32.2 Å². The van der Waals surface area contributed by atoms with Gasteiger partial charge < -0.3 is 4.90 Å². The first-order valence-electron chi connectivity index (χ1n) is 9.63. The molecule has 1 aliphatic rings. The quantitative estimate of drug-likeness (QED) is 0.676. The van der Waals surface area contributed by atoms with Gasteiger partial charge in [0.25, 0.3) is 5.56 Å². The van der Waals surface area contributed by atoms with E-state index in [1.807, 2.05) is 28.8 Å². The van der Waals surface area contributed by atoms with Crippen LogP contribution in [-0.2, 0) is 20.6 Å². The number of halogens is 1. The van der Waals surface area contributed by atoms with Crippen molar-refractivity contribution in [3.05, 3.63) is 55.7 Å². The fraction of sp³-hybridized carbons (Fsp3) is 0.450. The maximum Gasteiger partial charge on any atom is 0.332 e. The predicted octanol–water partition coefficient (Wildman–Crippen LogP) is 2.52. The van der Waals surface area contributed by atoms with E-state index in [0.29, 0.717) is 22.7 Å². The standard InChI is InChI=1S/C20H24ClN5O2/c1-23-17-16(18(27)24(2)20(23)28)26(13-14-9-5-6-10-15(14)21)19(22-17)25-11-7-3-4-8-12-25/h5-6,9-10H,3-4,7-8,11-13H2,1-2H3. The van der Waals surface area contributed by atoms with Crippen molar-refractivity contribution in [3.63, 3.8) is 0 Å². The average Bonchev–Trinajstić information content (AvgIpc) is 2.87. The summed E-state index contributed by atoms with van der Waals surface area (Å²) in [6.45, 7) is 2.20. The number of anilines is 1. The van der Waals surface area contributed by atoms with Gasteiger partial charge in [-0.2, -0.15) is 4.98 Å². The minimum Gasteiger partial charge on any atom is -0.342 e. The van der Waals surface area contributed by atoms with E-state index in [1.54, 1.807) is 7.05 Å². The zero-order valence-electron chi connectivity index (χ0n) is 16.2. The molecule has 0 aliphatic carbocycles. The summed E-state index contributed by atoms with van der Waals surface area (Å²) in [5, 5.41) is 0.646. The van der Waals surface area contributed by atoms with Crippen LogP contribution in [-0.4, -0.2) is 31.8 Å². The van der Waals surface area contributed by atoms with Gasteiger partial charge in [-0.05, 0) is 24.5 Å². The van der Waals surface area contributed by atoms with E-state index in [2.05, 4.69) is 4.90 Å². The molecule has 0 amide bonds. The molecule has 1 aromatic carbocycles. The van der Waals surface area contributed by atoms with E-state index in [1.165, 1.54) is 24.5 Å². The first-order valence-corrected chi connectivity index (χ1v) is 10.0. The highest BCUT2D eigenvalue weighted by molar-refractivity contribution is 6.31. The van der Waals surface area contributed by atoms with Crippen LogP contribution in [0.1, 0.15) is 31.2 Å². The van der Waals surface area contributed by atoms with Gasteiger partial charge >= 0.3 is 5.69 Å². The van der Waals surface area contributed by atoms with Crippen LogP contribution >= 0.6 is 11.6 Å². The largest absolute Gasteiger partial charge is 0.342 e. The number of fused-ring (bicyclic) bond motifs is 1. The van der Waals surface area contributed by atoms with Crippen molar-refractivity contribution >= 4 is 28.7 Å². The Bertz CT molecular complexity index is 1140. The van der Waals surface area contributed by atoms with Crippen LogP contribution < -0.4 is 16.1 Å². The number of hydrogen-bond acceptors (Lipinski definition) is 4. The van der Waals surface area contributed by atoms with E-state index in [4.69, 9.17) is 16.6 Å². The molecule has 4 rings (SSSR count). The molecule has 0 saturated carbocycles. The summed E-state index contributed by atoms with van der Waals surface area (Å²) >= 11 is 6.40. The van der Waals surface area contributed by atoms with Gasteiger partial charge in [0.2, 0.25) is 5.95 Å². The summed E-state index contributed by atoms with van der Waals surface area (Å²) in [5.74, 6) is 0.732. The molecular formula is C20H24ClN5O2. The second-order valence-corrected chi connectivity index (χ2v) is 7.78. The Hall–Kier alpha value is -2.54. The first kappa shape index (κ1) is 18.8. The molecule has 7 nitrogen and oxygen atoms in total. The molecule has 0 radical (unpaired) electrons. The summed E-state index contributed by atoms with van der Waals surface area (Å²) in [7, 11) is 3.16. The number of aromatic nitrogens is 4. The molecule has 28 heavy (non-hydrogen) atoms. The minimum atomic E-state index is -0.373. The van der Waals surface area contributed by atoms with Crippen LogP contribution in [0.3, 0.4) is 0 Å². The summed E-state index contributed by atoms with van der Waals surface area (Å²) in [6.07, 6.45) is 4.57. The molecule has 0 unspecified atom stereocenters. The maximum absolute atomic E-state index is 13.0. The summed E-state index contributed by atoms with van der Waals surface area (Å²) in [5.41, 5.74) is 1.06. The predicted molar refractivity (Wildman–Crippen MR) is 111 cm³/mol. The highest BCUT2D eigenvalue weighted by Gasteiger charge is 2.23. The van der Waals surface area contributed by atoms with Crippen molar-refractivity contribution in [3.8, 4) is 0 Å². The molecule has 8 heteroatoms. The van der Waals surface area contributed by atoms with E-state index >= 15 is 0 Å². The van der Waals surface area contributed by atoms with Crippen molar-refractivity contribution in [2.24, 2.45) is 14.1 Å². The second kappa shape index (κ2) is 7.47. The van der Waals surface area contributed by atoms with E-state index < -0.39 is 0 Å². The van der Waals surface area contributed by atoms with Gasteiger partial charge in [0.1, 0.15) is 0 Å². The lowest BCUT2D eigenvalue weighted by molar-refractivity contribution is 0.698. The number of benzene rings is 1. The zero-order valence-corrected chi connectivity index (χ0v) is 16.9. The monoisotopic (exact) mass is 401 g/mol. The SMILES string of the molecule is Cn1c(=O)c2c(nc(N3CCCCCC3)n2Cc2ccccc2Cl)n(C)c1=O. The normalized spacial score (nSPS) is 15.2. The lowest BCUT2D eigenvalue weighted by Gasteiger charge is -2.22. The second-order valence-electron chi connectivity index (χ2n) is 7.37. The molecule has 0 spiro atoms. The number of hydrogen-bond donors (Lipinski definition) is 0. The van der Waals surface area contributed by atoms with Crippen LogP contribution in [0.15, 0.2) is 33.9 Å². The van der Waals surface area contributed by atoms with Gasteiger partial charge in [-0.3, -0.25) is 18.5 Å². The van der Waals surface area contributed by atoms with Crippen molar-refractivity contribution in [1.82, 2.24) is 18.7 Å². The Kier molecular flexibility index (Phi) is 5.02. The minimum absolute atomic E-state index is 0.335. The third-order valence-corrected chi connectivity index (χ3v) is 5.87. The highest BCUT2D eigenvalue weighted by atomic mass is 35.5. The Labute approximate surface area is 167 Å². The van der Waals surface area contributed by atoms with Crippen LogP contribution in [0.5, 0.6) is 0 Å². The first-order chi connectivity index (χ1) is 13.5. The summed E-state index contributed by atoms with van der Waals surface area (Å²) in [6, 6.07) is 7.61. The third kappa shape index (κ3) is 3.13. The van der Waals surface area contributed by atoms with Gasteiger partial charge in [0.15, 0.2) is 11.2 Å². The van der Waals surface area contributed by atoms with Gasteiger partial charge in [0, 0.05) is 32.2 Å². The highest BCUT2D eigenvalue weighted by Crippen LogP contribution is 2.26. The summed E-state index contributed by atoms with van der Waals surface area (Å²) < 4.78 is 4.50. The van der Waals surface area contributed by atoms with Crippen molar-refractivity contribution in [2.75, 3.05) is 18.0 Å². The fourth-order valence-electron chi connectivity index (χ4n) is 3.89. The van der Waals surface area contributed by atoms with Gasteiger partial charge in [-0.15, -0.1) is 0 Å². The number of imidazole rings is 1. The van der Waals surface area contributed by atoms with Gasteiger partial charge in [0.05, 0.1) is 6.54 Å². The van der Waals surface area contributed by atoms with E-state index in [0.717, 1.165) is 42.0 Å². The lowest BCUT2D eigenvalue weighted by atomic mass is 10.2. The molecule has 0 bridgehead atoms. The van der Waals surface area contributed by atoms with Crippen LogP contribution in [0.4, 0.5) is 5.95 Å². The zero-order chi connectivity index (χ0) is 19.8. The van der Waals surface area contributed by atoms with Gasteiger partial charge in [-0.25, -0.2) is 4.79 Å². The molecule has 2 aromatic heterocycles. The molecule has 3 aromatic rings. The number of nitrogens with zero attached hydrogens (tertiary/aromatic N) is 5. The van der Waals surface area contributed by atoms with E-state index in [9.17, 15) is 9.59 Å². The Balaban J connectivity index is 1.98. The fourth-order valence-corrected chi connectivity index (χ4v) is 4.09. The topological polar surface area (TPSA) is 65.1 Å².